The molecule has 2 aromatic carbocycles. The fourth-order valence-electron chi connectivity index (χ4n) is 3.80. The van der Waals surface area contributed by atoms with Crippen LogP contribution in [-0.2, 0) is 21.2 Å². The number of halogens is 1. The van der Waals surface area contributed by atoms with Crippen molar-refractivity contribution in [3.63, 3.8) is 0 Å². The van der Waals surface area contributed by atoms with Crippen LogP contribution in [0.15, 0.2) is 65.1 Å². The summed E-state index contributed by atoms with van der Waals surface area (Å²) in [5.41, 5.74) is 0.698. The number of carbonyl (C=O) groups excluding carboxylic acids is 1. The number of methoxy groups -OCH3 is 1. The second-order valence-electron chi connectivity index (χ2n) is 7.79. The molecule has 0 saturated carbocycles. The van der Waals surface area contributed by atoms with Gasteiger partial charge in [-0.15, -0.1) is 0 Å². The largest absolute Gasteiger partial charge is 0.493 e. The van der Waals surface area contributed by atoms with E-state index in [-0.39, 0.29) is 36.4 Å². The number of sulfone groups is 1. The van der Waals surface area contributed by atoms with Crippen molar-refractivity contribution in [2.75, 3.05) is 25.2 Å². The van der Waals surface area contributed by atoms with E-state index < -0.39 is 15.9 Å². The Morgan fingerprint density at radius 2 is 1.82 bits per heavy atom. The van der Waals surface area contributed by atoms with Gasteiger partial charge in [-0.2, -0.15) is 0 Å². The predicted molar refractivity (Wildman–Crippen MR) is 120 cm³/mol. The third-order valence-corrected chi connectivity index (χ3v) is 7.26. The van der Waals surface area contributed by atoms with Crippen molar-refractivity contribution in [1.82, 2.24) is 4.90 Å². The van der Waals surface area contributed by atoms with Crippen molar-refractivity contribution in [3.8, 4) is 22.8 Å². The molecule has 4 rings (SSSR count). The number of carbonyl (C=O) groups is 1. The molecule has 0 N–H and O–H groups in total. The molecule has 33 heavy (non-hydrogen) atoms. The van der Waals surface area contributed by atoms with Crippen molar-refractivity contribution in [2.45, 2.75) is 19.0 Å². The molecule has 0 spiro atoms. The lowest BCUT2D eigenvalue weighted by Gasteiger charge is -2.27. The standard InChI is InChI=1S/C24H24FNO6S/c1-30-22-4-2-3-5-23(22)31-15-24(27)26(19-12-13-33(28,29)16-19)14-20-10-11-21(32-20)17-6-8-18(25)9-7-17/h2-11,19H,12-16H2,1H3. The highest BCUT2D eigenvalue weighted by Gasteiger charge is 2.35. The minimum absolute atomic E-state index is 0.0355. The molecule has 3 aromatic rings. The van der Waals surface area contributed by atoms with Gasteiger partial charge in [0, 0.05) is 11.6 Å². The predicted octanol–water partition coefficient (Wildman–Crippen LogP) is 3.69. The van der Waals surface area contributed by atoms with Crippen LogP contribution in [0.3, 0.4) is 0 Å². The van der Waals surface area contributed by atoms with Crippen molar-refractivity contribution in [3.05, 3.63) is 72.2 Å². The first-order valence-corrected chi connectivity index (χ1v) is 12.3. The molecule has 1 atom stereocenters. The molecule has 1 aliphatic rings. The van der Waals surface area contributed by atoms with Crippen LogP contribution in [0, 0.1) is 5.82 Å². The highest BCUT2D eigenvalue weighted by molar-refractivity contribution is 7.91. The molecule has 1 saturated heterocycles. The number of benzene rings is 2. The molecule has 0 aliphatic carbocycles. The number of furan rings is 1. The summed E-state index contributed by atoms with van der Waals surface area (Å²) in [6.45, 7) is -0.183. The molecule has 1 unspecified atom stereocenters. The SMILES string of the molecule is COc1ccccc1OCC(=O)N(Cc1ccc(-c2ccc(F)cc2)o1)C1CCS(=O)(=O)C1. The second-order valence-corrected chi connectivity index (χ2v) is 10.0. The van der Waals surface area contributed by atoms with Crippen LogP contribution in [0.4, 0.5) is 4.39 Å². The maximum Gasteiger partial charge on any atom is 0.261 e. The molecular formula is C24H24FNO6S. The van der Waals surface area contributed by atoms with Crippen molar-refractivity contribution < 1.29 is 31.5 Å². The zero-order valence-electron chi connectivity index (χ0n) is 18.1. The van der Waals surface area contributed by atoms with Gasteiger partial charge in [-0.25, -0.2) is 12.8 Å². The summed E-state index contributed by atoms with van der Waals surface area (Å²) in [5, 5.41) is 0. The van der Waals surface area contributed by atoms with Gasteiger partial charge in [0.15, 0.2) is 27.9 Å². The minimum atomic E-state index is -3.21. The van der Waals surface area contributed by atoms with Crippen LogP contribution < -0.4 is 9.47 Å². The number of rotatable bonds is 8. The lowest BCUT2D eigenvalue weighted by Crippen LogP contribution is -2.43. The van der Waals surface area contributed by atoms with Crippen LogP contribution in [0.5, 0.6) is 11.5 Å². The summed E-state index contributed by atoms with van der Waals surface area (Å²) >= 11 is 0. The van der Waals surface area contributed by atoms with E-state index in [2.05, 4.69) is 0 Å². The van der Waals surface area contributed by atoms with E-state index in [1.165, 1.54) is 24.1 Å². The van der Waals surface area contributed by atoms with Gasteiger partial charge in [-0.1, -0.05) is 12.1 Å². The average molecular weight is 474 g/mol. The maximum absolute atomic E-state index is 13.2. The average Bonchev–Trinajstić information content (AvgIpc) is 3.42. The van der Waals surface area contributed by atoms with Gasteiger partial charge in [0.1, 0.15) is 17.3 Å². The zero-order chi connectivity index (χ0) is 23.4. The number of hydrogen-bond donors (Lipinski definition) is 0. The number of ether oxygens (including phenoxy) is 2. The molecule has 7 nitrogen and oxygen atoms in total. The topological polar surface area (TPSA) is 86.1 Å². The highest BCUT2D eigenvalue weighted by atomic mass is 32.2. The van der Waals surface area contributed by atoms with Crippen molar-refractivity contribution >= 4 is 15.7 Å². The Hall–Kier alpha value is -3.33. The minimum Gasteiger partial charge on any atom is -0.493 e. The first-order chi connectivity index (χ1) is 15.8. The van der Waals surface area contributed by atoms with E-state index in [0.717, 1.165) is 0 Å². The summed E-state index contributed by atoms with van der Waals surface area (Å²) in [6.07, 6.45) is 0.355. The Balaban J connectivity index is 1.51. The number of nitrogens with zero attached hydrogens (tertiary/aromatic N) is 1. The lowest BCUT2D eigenvalue weighted by atomic mass is 10.2. The third kappa shape index (κ3) is 5.54. The van der Waals surface area contributed by atoms with Gasteiger partial charge < -0.3 is 18.8 Å². The number of hydrogen-bond acceptors (Lipinski definition) is 6. The van der Waals surface area contributed by atoms with E-state index in [1.807, 2.05) is 0 Å². The van der Waals surface area contributed by atoms with Gasteiger partial charge in [0.05, 0.1) is 25.2 Å². The molecule has 1 aliphatic heterocycles. The van der Waals surface area contributed by atoms with Gasteiger partial charge >= 0.3 is 0 Å². The van der Waals surface area contributed by atoms with Crippen molar-refractivity contribution in [2.24, 2.45) is 0 Å². The van der Waals surface area contributed by atoms with E-state index >= 15 is 0 Å². The van der Waals surface area contributed by atoms with Crippen LogP contribution in [0.1, 0.15) is 12.2 Å². The molecule has 2 heterocycles. The normalized spacial score (nSPS) is 17.0. The van der Waals surface area contributed by atoms with Gasteiger partial charge in [0.2, 0.25) is 0 Å². The summed E-state index contributed by atoms with van der Waals surface area (Å²) in [5.74, 6) is 1.17. The second kappa shape index (κ2) is 9.66. The first-order valence-electron chi connectivity index (χ1n) is 10.4. The third-order valence-electron chi connectivity index (χ3n) is 5.51. The summed E-state index contributed by atoms with van der Waals surface area (Å²) in [7, 11) is -1.70. The monoisotopic (exact) mass is 473 g/mol. The Morgan fingerprint density at radius 3 is 2.48 bits per heavy atom. The molecule has 174 valence electrons. The molecule has 1 aromatic heterocycles. The smallest absolute Gasteiger partial charge is 0.261 e. The fourth-order valence-corrected chi connectivity index (χ4v) is 5.53. The first kappa shape index (κ1) is 22.8. The summed E-state index contributed by atoms with van der Waals surface area (Å²) < 4.78 is 54.1. The lowest BCUT2D eigenvalue weighted by molar-refractivity contribution is -0.136. The molecule has 9 heteroatoms. The Labute approximate surface area is 191 Å². The molecule has 1 fully saturated rings. The summed E-state index contributed by atoms with van der Waals surface area (Å²) in [6, 6.07) is 15.9. The van der Waals surface area contributed by atoms with E-state index in [1.54, 1.807) is 48.5 Å². The Morgan fingerprint density at radius 1 is 1.09 bits per heavy atom. The van der Waals surface area contributed by atoms with Crippen LogP contribution >= 0.6 is 0 Å². The zero-order valence-corrected chi connectivity index (χ0v) is 18.9. The van der Waals surface area contributed by atoms with Crippen LogP contribution in [0.25, 0.3) is 11.3 Å². The Bertz CT molecular complexity index is 1220. The molecular weight excluding hydrogens is 449 g/mol. The Kier molecular flexibility index (Phi) is 6.69. The molecule has 1 amide bonds. The van der Waals surface area contributed by atoms with Crippen molar-refractivity contribution in [1.29, 1.82) is 0 Å². The maximum atomic E-state index is 13.2. The van der Waals surface area contributed by atoms with Gasteiger partial charge in [-0.05, 0) is 55.0 Å². The van der Waals surface area contributed by atoms with Crippen LogP contribution in [0.2, 0.25) is 0 Å². The van der Waals surface area contributed by atoms with E-state index in [9.17, 15) is 17.6 Å². The quantitative estimate of drug-likeness (QED) is 0.496. The van der Waals surface area contributed by atoms with Crippen LogP contribution in [-0.4, -0.2) is 50.5 Å². The number of para-hydroxylation sites is 2. The number of amides is 1. The van der Waals surface area contributed by atoms with Gasteiger partial charge in [-0.3, -0.25) is 4.79 Å². The van der Waals surface area contributed by atoms with E-state index in [0.29, 0.717) is 35.0 Å². The fraction of sp³-hybridized carbons (Fsp3) is 0.292. The highest BCUT2D eigenvalue weighted by Crippen LogP contribution is 2.28. The molecule has 0 radical (unpaired) electrons. The van der Waals surface area contributed by atoms with E-state index in [4.69, 9.17) is 13.9 Å². The molecule has 0 bridgehead atoms. The van der Waals surface area contributed by atoms with Gasteiger partial charge in [0.25, 0.3) is 5.91 Å². The summed E-state index contributed by atoms with van der Waals surface area (Å²) in [4.78, 5) is 14.6.